The van der Waals surface area contributed by atoms with E-state index in [0.29, 0.717) is 16.1 Å². The van der Waals surface area contributed by atoms with Gasteiger partial charge >= 0.3 is 5.97 Å². The maximum Gasteiger partial charge on any atom is 0.339 e. The van der Waals surface area contributed by atoms with Gasteiger partial charge in [0, 0.05) is 12.7 Å². The number of rotatable bonds is 3. The molecule has 1 aromatic heterocycles. The van der Waals surface area contributed by atoms with Crippen molar-refractivity contribution in [1.29, 1.82) is 0 Å². The van der Waals surface area contributed by atoms with E-state index >= 15 is 0 Å². The minimum absolute atomic E-state index is 0.395. The van der Waals surface area contributed by atoms with E-state index in [1.54, 1.807) is 22.9 Å². The Bertz CT molecular complexity index is 622. The minimum Gasteiger partial charge on any atom is -0.465 e. The molecule has 2 N–H and O–H groups in total. The number of carbonyl (C=O) groups is 1. The number of carbonyl (C=O) groups excluding carboxylic acids is 1. The molecule has 0 aliphatic rings. The van der Waals surface area contributed by atoms with Gasteiger partial charge in [-0.2, -0.15) is 5.10 Å². The van der Waals surface area contributed by atoms with Gasteiger partial charge in [-0.15, -0.1) is 0 Å². The van der Waals surface area contributed by atoms with Crippen LogP contribution in [0.5, 0.6) is 0 Å². The zero-order valence-corrected chi connectivity index (χ0v) is 11.8. The van der Waals surface area contributed by atoms with Crippen LogP contribution in [0.3, 0.4) is 0 Å². The molecule has 0 aliphatic carbocycles. The van der Waals surface area contributed by atoms with Gasteiger partial charge in [0.1, 0.15) is 0 Å². The predicted octanol–water partition coefficient (Wildman–Crippen LogP) is 2.25. The van der Waals surface area contributed by atoms with Crippen molar-refractivity contribution in [2.75, 3.05) is 12.8 Å². The Morgan fingerprint density at radius 1 is 1.47 bits per heavy atom. The number of nitrogens with two attached hydrogens (primary N) is 1. The third kappa shape index (κ3) is 2.73. The Morgan fingerprint density at radius 3 is 2.79 bits per heavy atom. The van der Waals surface area contributed by atoms with E-state index in [0.717, 1.165) is 10.7 Å². The summed E-state index contributed by atoms with van der Waals surface area (Å²) in [5.41, 5.74) is 7.89. The number of aryl methyl sites for hydroxylation is 2. The molecule has 0 aliphatic heterocycles. The number of benzene rings is 1. The molecule has 0 saturated carbocycles. The fourth-order valence-corrected chi connectivity index (χ4v) is 2.79. The van der Waals surface area contributed by atoms with Crippen molar-refractivity contribution in [2.24, 2.45) is 7.05 Å². The monoisotopic (exact) mass is 277 g/mol. The summed E-state index contributed by atoms with van der Waals surface area (Å²) in [4.78, 5) is 12.4. The van der Waals surface area contributed by atoms with Gasteiger partial charge in [-0.25, -0.2) is 4.79 Å². The molecule has 0 spiro atoms. The van der Waals surface area contributed by atoms with Gasteiger partial charge in [0.05, 0.1) is 28.3 Å². The largest absolute Gasteiger partial charge is 0.465 e. The zero-order valence-electron chi connectivity index (χ0n) is 11.0. The van der Waals surface area contributed by atoms with Gasteiger partial charge < -0.3 is 10.5 Å². The molecule has 2 rings (SSSR count). The van der Waals surface area contributed by atoms with Crippen molar-refractivity contribution in [3.63, 3.8) is 0 Å². The quantitative estimate of drug-likeness (QED) is 0.688. The Labute approximate surface area is 115 Å². The molecule has 19 heavy (non-hydrogen) atoms. The minimum atomic E-state index is -0.395. The summed E-state index contributed by atoms with van der Waals surface area (Å²) < 4.78 is 6.53. The molecule has 100 valence electrons. The first kappa shape index (κ1) is 13.5. The highest BCUT2D eigenvalue weighted by atomic mass is 32.2. The van der Waals surface area contributed by atoms with Gasteiger partial charge in [-0.05, 0) is 25.1 Å². The molecule has 0 amide bonds. The first-order chi connectivity index (χ1) is 9.02. The third-order valence-corrected chi connectivity index (χ3v) is 3.87. The second-order valence-electron chi connectivity index (χ2n) is 4.07. The van der Waals surface area contributed by atoms with Gasteiger partial charge in [0.25, 0.3) is 0 Å². The molecule has 0 bridgehead atoms. The van der Waals surface area contributed by atoms with Crippen molar-refractivity contribution in [3.8, 4) is 0 Å². The lowest BCUT2D eigenvalue weighted by Crippen LogP contribution is -2.05. The highest BCUT2D eigenvalue weighted by molar-refractivity contribution is 7.99. The maximum atomic E-state index is 11.8. The van der Waals surface area contributed by atoms with Crippen molar-refractivity contribution in [3.05, 3.63) is 35.5 Å². The summed E-state index contributed by atoms with van der Waals surface area (Å²) >= 11 is 1.41. The van der Waals surface area contributed by atoms with Crippen LogP contribution in [-0.2, 0) is 11.8 Å². The Kier molecular flexibility index (Phi) is 3.80. The van der Waals surface area contributed by atoms with E-state index in [1.807, 2.05) is 20.0 Å². The molecule has 0 fully saturated rings. The number of ether oxygens (including phenoxy) is 1. The fourth-order valence-electron chi connectivity index (χ4n) is 1.73. The van der Waals surface area contributed by atoms with Crippen molar-refractivity contribution in [2.45, 2.75) is 16.8 Å². The molecule has 0 radical (unpaired) electrons. The maximum absolute atomic E-state index is 11.8. The summed E-state index contributed by atoms with van der Waals surface area (Å²) in [5, 5.41) is 5.19. The average Bonchev–Trinajstić information content (AvgIpc) is 2.69. The van der Waals surface area contributed by atoms with Crippen molar-refractivity contribution < 1.29 is 9.53 Å². The smallest absolute Gasteiger partial charge is 0.339 e. The van der Waals surface area contributed by atoms with Crippen LogP contribution in [0, 0.1) is 6.92 Å². The molecule has 0 saturated heterocycles. The lowest BCUT2D eigenvalue weighted by Gasteiger charge is -2.10. The van der Waals surface area contributed by atoms with E-state index < -0.39 is 5.97 Å². The molecular weight excluding hydrogens is 262 g/mol. The Morgan fingerprint density at radius 2 is 2.21 bits per heavy atom. The standard InChI is InChI=1S/C13H15N3O2S/c1-8-7-11(16(2)15-8)19-12-9(13(17)18-3)5-4-6-10(12)14/h4-7H,14H2,1-3H3. The summed E-state index contributed by atoms with van der Waals surface area (Å²) in [7, 11) is 3.21. The topological polar surface area (TPSA) is 70.1 Å². The molecule has 6 heteroatoms. The number of nitrogen functional groups attached to an aromatic ring is 1. The SMILES string of the molecule is COC(=O)c1cccc(N)c1Sc1cc(C)nn1C. The lowest BCUT2D eigenvalue weighted by atomic mass is 10.2. The third-order valence-electron chi connectivity index (χ3n) is 2.62. The van der Waals surface area contributed by atoms with Crippen LogP contribution in [-0.4, -0.2) is 22.9 Å². The van der Waals surface area contributed by atoms with Gasteiger partial charge in [0.15, 0.2) is 0 Å². The summed E-state index contributed by atoms with van der Waals surface area (Å²) in [5.74, 6) is -0.395. The number of hydrogen-bond donors (Lipinski definition) is 1. The van der Waals surface area contributed by atoms with E-state index in [1.165, 1.54) is 18.9 Å². The lowest BCUT2D eigenvalue weighted by molar-refractivity contribution is 0.0597. The van der Waals surface area contributed by atoms with Crippen LogP contribution in [0.25, 0.3) is 0 Å². The van der Waals surface area contributed by atoms with Crippen LogP contribution in [0.15, 0.2) is 34.2 Å². The second-order valence-corrected chi connectivity index (χ2v) is 5.10. The highest BCUT2D eigenvalue weighted by Gasteiger charge is 2.16. The van der Waals surface area contributed by atoms with Crippen LogP contribution < -0.4 is 5.73 Å². The van der Waals surface area contributed by atoms with Crippen LogP contribution in [0.2, 0.25) is 0 Å². The normalized spacial score (nSPS) is 10.5. The van der Waals surface area contributed by atoms with E-state index in [-0.39, 0.29) is 0 Å². The first-order valence-corrected chi connectivity index (χ1v) is 6.50. The first-order valence-electron chi connectivity index (χ1n) is 5.68. The summed E-state index contributed by atoms with van der Waals surface area (Å²) in [6.07, 6.45) is 0. The molecule has 1 heterocycles. The number of anilines is 1. The average molecular weight is 277 g/mol. The number of aromatic nitrogens is 2. The highest BCUT2D eigenvalue weighted by Crippen LogP contribution is 2.35. The summed E-state index contributed by atoms with van der Waals surface area (Å²) in [6, 6.07) is 7.14. The Balaban J connectivity index is 2.44. The van der Waals surface area contributed by atoms with Gasteiger partial charge in [-0.3, -0.25) is 4.68 Å². The number of methoxy groups -OCH3 is 1. The van der Waals surface area contributed by atoms with Crippen molar-refractivity contribution in [1.82, 2.24) is 9.78 Å². The Hall–Kier alpha value is -1.95. The number of hydrogen-bond acceptors (Lipinski definition) is 5. The van der Waals surface area contributed by atoms with Gasteiger partial charge in [-0.1, -0.05) is 17.8 Å². The number of esters is 1. The molecule has 2 aromatic rings. The molecule has 1 aromatic carbocycles. The predicted molar refractivity (Wildman–Crippen MR) is 74.3 cm³/mol. The second kappa shape index (κ2) is 5.36. The molecular formula is C13H15N3O2S. The van der Waals surface area contributed by atoms with E-state index in [9.17, 15) is 4.79 Å². The number of nitrogens with zero attached hydrogens (tertiary/aromatic N) is 2. The van der Waals surface area contributed by atoms with E-state index in [2.05, 4.69) is 5.10 Å². The summed E-state index contributed by atoms with van der Waals surface area (Å²) in [6.45, 7) is 1.92. The molecule has 0 atom stereocenters. The van der Waals surface area contributed by atoms with Crippen LogP contribution in [0.1, 0.15) is 16.1 Å². The van der Waals surface area contributed by atoms with Crippen LogP contribution >= 0.6 is 11.8 Å². The van der Waals surface area contributed by atoms with Crippen LogP contribution in [0.4, 0.5) is 5.69 Å². The van der Waals surface area contributed by atoms with E-state index in [4.69, 9.17) is 10.5 Å². The van der Waals surface area contributed by atoms with Gasteiger partial charge in [0.2, 0.25) is 0 Å². The fraction of sp³-hybridized carbons (Fsp3) is 0.231. The van der Waals surface area contributed by atoms with Crippen molar-refractivity contribution >= 4 is 23.4 Å². The molecule has 5 nitrogen and oxygen atoms in total. The molecule has 0 unspecified atom stereocenters. The zero-order chi connectivity index (χ0) is 14.0.